The number of halogens is 1. The van der Waals surface area contributed by atoms with Crippen LogP contribution >= 0.6 is 0 Å². The molecule has 2 N–H and O–H groups in total. The third-order valence-electron chi connectivity index (χ3n) is 3.26. The molecule has 1 heterocycles. The summed E-state index contributed by atoms with van der Waals surface area (Å²) in [5.74, 6) is -0.306. The monoisotopic (exact) mass is 257 g/mol. The summed E-state index contributed by atoms with van der Waals surface area (Å²) in [5.41, 5.74) is 6.44. The second-order valence-electron chi connectivity index (χ2n) is 4.37. The van der Waals surface area contributed by atoms with Crippen molar-refractivity contribution in [1.82, 2.24) is 0 Å². The van der Waals surface area contributed by atoms with Gasteiger partial charge in [-0.15, -0.1) is 0 Å². The topological polar surface area (TPSA) is 60.2 Å². The summed E-state index contributed by atoms with van der Waals surface area (Å²) in [6.07, 6.45) is 1.99. The van der Waals surface area contributed by atoms with Crippen molar-refractivity contribution in [2.24, 2.45) is 5.73 Å². The fourth-order valence-corrected chi connectivity index (χ4v) is 4.44. The van der Waals surface area contributed by atoms with Crippen molar-refractivity contribution in [2.75, 3.05) is 5.75 Å². The van der Waals surface area contributed by atoms with E-state index in [-0.39, 0.29) is 17.9 Å². The Morgan fingerprint density at radius 3 is 2.76 bits per heavy atom. The maximum Gasteiger partial charge on any atom is 0.157 e. The Morgan fingerprint density at radius 2 is 2.12 bits per heavy atom. The quantitative estimate of drug-likeness (QED) is 0.880. The Balaban J connectivity index is 2.52. The van der Waals surface area contributed by atoms with Crippen LogP contribution in [0.25, 0.3) is 0 Å². The van der Waals surface area contributed by atoms with Crippen LogP contribution in [-0.2, 0) is 16.4 Å². The molecule has 0 spiro atoms. The van der Waals surface area contributed by atoms with Crippen LogP contribution in [0.3, 0.4) is 0 Å². The van der Waals surface area contributed by atoms with Gasteiger partial charge in [-0.05, 0) is 24.5 Å². The molecule has 0 bridgehead atoms. The van der Waals surface area contributed by atoms with E-state index in [1.54, 1.807) is 12.1 Å². The van der Waals surface area contributed by atoms with Crippen LogP contribution in [-0.4, -0.2) is 14.2 Å². The minimum atomic E-state index is -3.23. The molecule has 1 saturated heterocycles. The maximum absolute atomic E-state index is 13.8. The first-order valence-corrected chi connectivity index (χ1v) is 7.46. The average molecular weight is 257 g/mol. The fraction of sp³-hybridized carbons (Fsp3) is 0.500. The molecule has 1 fully saturated rings. The highest BCUT2D eigenvalue weighted by atomic mass is 32.2. The molecular formula is C12H16FNO2S. The summed E-state index contributed by atoms with van der Waals surface area (Å²) < 4.78 is 37.8. The van der Waals surface area contributed by atoms with E-state index in [1.165, 1.54) is 6.07 Å². The lowest BCUT2D eigenvalue weighted by molar-refractivity contribution is 0.529. The molecule has 1 aromatic rings. The third kappa shape index (κ3) is 2.35. The van der Waals surface area contributed by atoms with Gasteiger partial charge in [-0.2, -0.15) is 0 Å². The predicted molar refractivity (Wildman–Crippen MR) is 64.7 cm³/mol. The van der Waals surface area contributed by atoms with Crippen molar-refractivity contribution in [3.63, 3.8) is 0 Å². The zero-order valence-electron chi connectivity index (χ0n) is 9.52. The highest BCUT2D eigenvalue weighted by Gasteiger charge is 2.33. The van der Waals surface area contributed by atoms with Crippen molar-refractivity contribution in [3.05, 3.63) is 35.1 Å². The number of rotatable bonds is 2. The van der Waals surface area contributed by atoms with Crippen molar-refractivity contribution < 1.29 is 12.8 Å². The van der Waals surface area contributed by atoms with Crippen molar-refractivity contribution in [3.8, 4) is 0 Å². The van der Waals surface area contributed by atoms with Crippen molar-refractivity contribution in [1.29, 1.82) is 0 Å². The Kier molecular flexibility index (Phi) is 3.49. The molecule has 0 aromatic heterocycles. The van der Waals surface area contributed by atoms with Gasteiger partial charge in [0.05, 0.1) is 11.0 Å². The second kappa shape index (κ2) is 4.74. The molecular weight excluding hydrogens is 241 g/mol. The maximum atomic E-state index is 13.8. The molecule has 17 heavy (non-hydrogen) atoms. The van der Waals surface area contributed by atoms with Crippen LogP contribution in [0.5, 0.6) is 0 Å². The molecule has 94 valence electrons. The summed E-state index contributed by atoms with van der Waals surface area (Å²) in [7, 11) is -3.23. The first kappa shape index (κ1) is 12.5. The summed E-state index contributed by atoms with van der Waals surface area (Å²) in [5, 5.41) is -0.712. The fourth-order valence-electron chi connectivity index (χ4n) is 2.40. The van der Waals surface area contributed by atoms with E-state index in [2.05, 4.69) is 0 Å². The predicted octanol–water partition coefficient (Wildman–Crippen LogP) is 1.92. The molecule has 0 amide bonds. The SMILES string of the molecule is NCc1cccc(F)c1C1CCCCS1(=O)=O. The largest absolute Gasteiger partial charge is 0.326 e. The van der Waals surface area contributed by atoms with Gasteiger partial charge in [0.1, 0.15) is 5.82 Å². The minimum Gasteiger partial charge on any atom is -0.326 e. The Bertz CT molecular complexity index is 513. The zero-order chi connectivity index (χ0) is 12.5. The Labute approximate surface area is 101 Å². The van der Waals surface area contributed by atoms with Crippen LogP contribution in [0.2, 0.25) is 0 Å². The van der Waals surface area contributed by atoms with Crippen LogP contribution in [0.4, 0.5) is 4.39 Å². The van der Waals surface area contributed by atoms with Crippen LogP contribution in [0, 0.1) is 5.82 Å². The molecule has 1 aliphatic rings. The van der Waals surface area contributed by atoms with Crippen LogP contribution in [0.1, 0.15) is 35.6 Å². The molecule has 2 rings (SSSR count). The van der Waals surface area contributed by atoms with E-state index >= 15 is 0 Å². The van der Waals surface area contributed by atoms with Gasteiger partial charge in [-0.1, -0.05) is 18.6 Å². The minimum absolute atomic E-state index is 0.149. The first-order chi connectivity index (χ1) is 8.06. The lowest BCUT2D eigenvalue weighted by atomic mass is 10.00. The number of sulfone groups is 1. The number of benzene rings is 1. The van der Waals surface area contributed by atoms with Gasteiger partial charge >= 0.3 is 0 Å². The van der Waals surface area contributed by atoms with Gasteiger partial charge in [-0.25, -0.2) is 12.8 Å². The normalized spacial score (nSPS) is 23.5. The summed E-state index contributed by atoms with van der Waals surface area (Å²) >= 11 is 0. The van der Waals surface area contributed by atoms with Gasteiger partial charge in [0.2, 0.25) is 0 Å². The van der Waals surface area contributed by atoms with Gasteiger partial charge in [-0.3, -0.25) is 0 Å². The van der Waals surface area contributed by atoms with Crippen molar-refractivity contribution in [2.45, 2.75) is 31.1 Å². The zero-order valence-corrected chi connectivity index (χ0v) is 10.3. The van der Waals surface area contributed by atoms with Crippen LogP contribution in [0.15, 0.2) is 18.2 Å². The molecule has 0 saturated carbocycles. The van der Waals surface area contributed by atoms with Gasteiger partial charge < -0.3 is 5.73 Å². The Morgan fingerprint density at radius 1 is 1.35 bits per heavy atom. The lowest BCUT2D eigenvalue weighted by Gasteiger charge is -2.24. The third-order valence-corrected chi connectivity index (χ3v) is 5.46. The van der Waals surface area contributed by atoms with Crippen molar-refractivity contribution >= 4 is 9.84 Å². The summed E-state index contributed by atoms with van der Waals surface area (Å²) in [6, 6.07) is 4.57. The van der Waals surface area contributed by atoms with Gasteiger partial charge in [0.15, 0.2) is 9.84 Å². The number of nitrogens with two attached hydrogens (primary N) is 1. The van der Waals surface area contributed by atoms with E-state index in [0.29, 0.717) is 18.4 Å². The molecule has 3 nitrogen and oxygen atoms in total. The average Bonchev–Trinajstić information content (AvgIpc) is 2.29. The summed E-state index contributed by atoms with van der Waals surface area (Å²) in [6.45, 7) is 0.166. The second-order valence-corrected chi connectivity index (χ2v) is 6.67. The van der Waals surface area contributed by atoms with E-state index in [0.717, 1.165) is 6.42 Å². The number of hydrogen-bond acceptors (Lipinski definition) is 3. The smallest absolute Gasteiger partial charge is 0.157 e. The molecule has 0 radical (unpaired) electrons. The molecule has 1 aromatic carbocycles. The molecule has 1 atom stereocenters. The lowest BCUT2D eigenvalue weighted by Crippen LogP contribution is -2.24. The van der Waals surface area contributed by atoms with Gasteiger partial charge in [0.25, 0.3) is 0 Å². The molecule has 1 aliphatic heterocycles. The van der Waals surface area contributed by atoms with Crippen LogP contribution < -0.4 is 5.73 Å². The molecule has 1 unspecified atom stereocenters. The van der Waals surface area contributed by atoms with E-state index in [4.69, 9.17) is 5.73 Å². The highest BCUT2D eigenvalue weighted by Crippen LogP contribution is 2.36. The van der Waals surface area contributed by atoms with Gasteiger partial charge in [0, 0.05) is 12.1 Å². The standard InChI is InChI=1S/C12H16FNO2S/c13-10-5-3-4-9(8-14)12(10)11-6-1-2-7-17(11,15)16/h3-5,11H,1-2,6-8,14H2. The summed E-state index contributed by atoms with van der Waals surface area (Å²) in [4.78, 5) is 0. The first-order valence-electron chi connectivity index (χ1n) is 5.75. The van der Waals surface area contributed by atoms with E-state index in [9.17, 15) is 12.8 Å². The molecule has 0 aliphatic carbocycles. The highest BCUT2D eigenvalue weighted by molar-refractivity contribution is 7.91. The number of hydrogen-bond donors (Lipinski definition) is 1. The van der Waals surface area contributed by atoms with E-state index < -0.39 is 20.9 Å². The molecule has 5 heteroatoms. The van der Waals surface area contributed by atoms with E-state index in [1.807, 2.05) is 0 Å². The Hall–Kier alpha value is -0.940.